The summed E-state index contributed by atoms with van der Waals surface area (Å²) in [4.78, 5) is 2.54. The lowest BCUT2D eigenvalue weighted by molar-refractivity contribution is 0.217. The second-order valence-electron chi connectivity index (χ2n) is 10.3. The van der Waals surface area contributed by atoms with Crippen LogP contribution < -0.4 is 10.1 Å². The van der Waals surface area contributed by atoms with Gasteiger partial charge < -0.3 is 20.3 Å². The first-order valence-electron chi connectivity index (χ1n) is 13.7. The van der Waals surface area contributed by atoms with Crippen LogP contribution in [0.1, 0.15) is 50.7 Å². The highest BCUT2D eigenvalue weighted by Gasteiger charge is 2.39. The van der Waals surface area contributed by atoms with E-state index in [2.05, 4.69) is 46.6 Å². The largest absolute Gasteiger partial charge is 0.508 e. The molecular formula is C32H42N2O3. The van der Waals surface area contributed by atoms with Crippen LogP contribution >= 0.6 is 0 Å². The van der Waals surface area contributed by atoms with Crippen LogP contribution in [0.15, 0.2) is 77.9 Å². The van der Waals surface area contributed by atoms with E-state index in [1.54, 1.807) is 12.1 Å². The summed E-state index contributed by atoms with van der Waals surface area (Å²) in [5, 5.41) is 23.0. The van der Waals surface area contributed by atoms with Gasteiger partial charge in [0.15, 0.2) is 0 Å². The molecule has 37 heavy (non-hydrogen) atoms. The second kappa shape index (κ2) is 13.1. The van der Waals surface area contributed by atoms with Crippen LogP contribution in [0, 0.1) is 5.41 Å². The van der Waals surface area contributed by atoms with Gasteiger partial charge in [0, 0.05) is 26.2 Å². The van der Waals surface area contributed by atoms with Crippen molar-refractivity contribution in [2.24, 2.45) is 5.41 Å². The Morgan fingerprint density at radius 2 is 1.78 bits per heavy atom. The van der Waals surface area contributed by atoms with Crippen molar-refractivity contribution in [3.63, 3.8) is 0 Å². The first-order chi connectivity index (χ1) is 18.1. The number of nitrogens with zero attached hydrogens (tertiary/aromatic N) is 1. The summed E-state index contributed by atoms with van der Waals surface area (Å²) in [6.45, 7) is 10.5. The summed E-state index contributed by atoms with van der Waals surface area (Å²) in [6, 6.07) is 15.7. The predicted molar refractivity (Wildman–Crippen MR) is 152 cm³/mol. The standard InChI is InChI=1S/C32H42N2O3/c1-3-6-25(4-2)30(7-5-21-35)31(26-8-12-28(36)13-9-26)27-10-14-29(15-11-27)37-22-20-34-19-17-32(24-34)16-18-33-23-32/h3-4,6,8-15,33,35-36H,5,7,16-24H2,1-2H3/b6-3-,25-4+,31-30-. The Bertz CT molecular complexity index is 1090. The van der Waals surface area contributed by atoms with Crippen LogP contribution in [-0.2, 0) is 0 Å². The number of phenolic OH excluding ortho intramolecular Hbond substituents is 1. The van der Waals surface area contributed by atoms with Crippen molar-refractivity contribution >= 4 is 5.57 Å². The Hall–Kier alpha value is -2.86. The molecule has 198 valence electrons. The molecule has 2 aromatic rings. The topological polar surface area (TPSA) is 65.0 Å². The predicted octanol–water partition coefficient (Wildman–Crippen LogP) is 5.55. The summed E-state index contributed by atoms with van der Waals surface area (Å²) in [5.74, 6) is 1.12. The van der Waals surface area contributed by atoms with Gasteiger partial charge >= 0.3 is 0 Å². The number of nitrogens with one attached hydrogen (secondary N) is 1. The number of ether oxygens (including phenoxy) is 1. The Balaban J connectivity index is 1.53. The van der Waals surface area contributed by atoms with Gasteiger partial charge in [-0.05, 0) is 110 Å². The number of aliphatic hydroxyl groups is 1. The van der Waals surface area contributed by atoms with Crippen LogP contribution in [0.2, 0.25) is 0 Å². The number of phenols is 1. The van der Waals surface area contributed by atoms with Crippen molar-refractivity contribution in [1.82, 2.24) is 10.2 Å². The maximum atomic E-state index is 9.89. The third kappa shape index (κ3) is 6.92. The van der Waals surface area contributed by atoms with Gasteiger partial charge in [-0.2, -0.15) is 0 Å². The number of hydrogen-bond acceptors (Lipinski definition) is 5. The average molecular weight is 503 g/mol. The van der Waals surface area contributed by atoms with Gasteiger partial charge in [-0.1, -0.05) is 42.5 Å². The second-order valence-corrected chi connectivity index (χ2v) is 10.3. The Kier molecular flexibility index (Phi) is 9.62. The summed E-state index contributed by atoms with van der Waals surface area (Å²) < 4.78 is 6.15. The van der Waals surface area contributed by atoms with E-state index in [0.717, 1.165) is 54.1 Å². The molecular weight excluding hydrogens is 460 g/mol. The highest BCUT2D eigenvalue weighted by molar-refractivity contribution is 5.85. The lowest BCUT2D eigenvalue weighted by atomic mass is 9.86. The highest BCUT2D eigenvalue weighted by Crippen LogP contribution is 2.36. The lowest BCUT2D eigenvalue weighted by Gasteiger charge is -2.22. The van der Waals surface area contributed by atoms with Crippen molar-refractivity contribution in [3.8, 4) is 11.5 Å². The zero-order valence-corrected chi connectivity index (χ0v) is 22.4. The molecule has 0 amide bonds. The molecule has 2 fully saturated rings. The Labute approximate surface area is 222 Å². The molecule has 0 radical (unpaired) electrons. The molecule has 2 aliphatic rings. The molecule has 3 N–H and O–H groups in total. The van der Waals surface area contributed by atoms with E-state index in [1.807, 2.05) is 32.1 Å². The normalized spacial score (nSPS) is 21.2. The highest BCUT2D eigenvalue weighted by atomic mass is 16.5. The number of hydrogen-bond donors (Lipinski definition) is 3. The quantitative estimate of drug-likeness (QED) is 0.352. The average Bonchev–Trinajstić information content (AvgIpc) is 3.55. The number of likely N-dealkylation sites (tertiary alicyclic amines) is 1. The molecule has 4 rings (SSSR count). The van der Waals surface area contributed by atoms with Gasteiger partial charge in [0.25, 0.3) is 0 Å². The van der Waals surface area contributed by atoms with E-state index in [-0.39, 0.29) is 12.4 Å². The minimum atomic E-state index is 0.140. The van der Waals surface area contributed by atoms with Crippen molar-refractivity contribution in [3.05, 3.63) is 89.0 Å². The third-order valence-electron chi connectivity index (χ3n) is 7.72. The Morgan fingerprint density at radius 1 is 1.05 bits per heavy atom. The van der Waals surface area contributed by atoms with Gasteiger partial charge in [0.1, 0.15) is 18.1 Å². The van der Waals surface area contributed by atoms with E-state index in [0.29, 0.717) is 18.4 Å². The first kappa shape index (κ1) is 27.2. The minimum absolute atomic E-state index is 0.140. The van der Waals surface area contributed by atoms with E-state index in [1.165, 1.54) is 31.5 Å². The smallest absolute Gasteiger partial charge is 0.119 e. The van der Waals surface area contributed by atoms with Crippen molar-refractivity contribution < 1.29 is 14.9 Å². The van der Waals surface area contributed by atoms with Gasteiger partial charge in [0.05, 0.1) is 0 Å². The van der Waals surface area contributed by atoms with Gasteiger partial charge in [0.2, 0.25) is 0 Å². The van der Waals surface area contributed by atoms with E-state index in [9.17, 15) is 10.2 Å². The molecule has 2 aliphatic heterocycles. The van der Waals surface area contributed by atoms with Gasteiger partial charge in [-0.3, -0.25) is 4.90 Å². The van der Waals surface area contributed by atoms with Crippen molar-refractivity contribution in [2.45, 2.75) is 39.5 Å². The molecule has 2 saturated heterocycles. The lowest BCUT2D eigenvalue weighted by Crippen LogP contribution is -2.31. The molecule has 1 spiro atoms. The zero-order chi connectivity index (χ0) is 26.1. The summed E-state index contributed by atoms with van der Waals surface area (Å²) in [7, 11) is 0. The van der Waals surface area contributed by atoms with Crippen LogP contribution in [0.5, 0.6) is 11.5 Å². The summed E-state index contributed by atoms with van der Waals surface area (Å²) in [6.07, 6.45) is 10.3. The van der Waals surface area contributed by atoms with Gasteiger partial charge in [-0.15, -0.1) is 0 Å². The fourth-order valence-electron chi connectivity index (χ4n) is 5.74. The monoisotopic (exact) mass is 502 g/mol. The van der Waals surface area contributed by atoms with Crippen molar-refractivity contribution in [2.75, 3.05) is 45.9 Å². The molecule has 5 heteroatoms. The Morgan fingerprint density at radius 3 is 2.41 bits per heavy atom. The van der Waals surface area contributed by atoms with Crippen LogP contribution in [-0.4, -0.2) is 61.1 Å². The van der Waals surface area contributed by atoms with Crippen LogP contribution in [0.4, 0.5) is 0 Å². The van der Waals surface area contributed by atoms with Crippen LogP contribution in [0.3, 0.4) is 0 Å². The number of allylic oxidation sites excluding steroid dienone is 5. The zero-order valence-electron chi connectivity index (χ0n) is 22.4. The number of aromatic hydroxyl groups is 1. The molecule has 1 unspecified atom stereocenters. The molecule has 0 bridgehead atoms. The SMILES string of the molecule is C\C=C/C(=C\C)C(/CCCO)=C(/c1ccc(O)cc1)c1ccc(OCCN2CCC3(CCNC3)C2)cc1. The molecule has 0 saturated carbocycles. The fourth-order valence-corrected chi connectivity index (χ4v) is 5.74. The number of aliphatic hydroxyl groups excluding tert-OH is 1. The number of benzene rings is 2. The van der Waals surface area contributed by atoms with E-state index in [4.69, 9.17) is 4.74 Å². The molecule has 2 heterocycles. The first-order valence-corrected chi connectivity index (χ1v) is 13.7. The molecule has 5 nitrogen and oxygen atoms in total. The maximum absolute atomic E-state index is 9.89. The number of rotatable bonds is 11. The fraction of sp³-hybridized carbons (Fsp3) is 0.438. The summed E-state index contributed by atoms with van der Waals surface area (Å²) in [5.41, 5.74) is 6.04. The van der Waals surface area contributed by atoms with E-state index < -0.39 is 0 Å². The molecule has 0 aromatic heterocycles. The molecule has 0 aliphatic carbocycles. The third-order valence-corrected chi connectivity index (χ3v) is 7.72. The molecule has 2 aromatic carbocycles. The summed E-state index contributed by atoms with van der Waals surface area (Å²) >= 11 is 0. The molecule has 1 atom stereocenters. The maximum Gasteiger partial charge on any atom is 0.119 e. The minimum Gasteiger partial charge on any atom is -0.508 e. The van der Waals surface area contributed by atoms with E-state index >= 15 is 0 Å². The van der Waals surface area contributed by atoms with Gasteiger partial charge in [-0.25, -0.2) is 0 Å². The van der Waals surface area contributed by atoms with Crippen LogP contribution in [0.25, 0.3) is 5.57 Å². The van der Waals surface area contributed by atoms with Crippen molar-refractivity contribution in [1.29, 1.82) is 0 Å².